The van der Waals surface area contributed by atoms with Crippen LogP contribution in [0.4, 0.5) is 0 Å². The summed E-state index contributed by atoms with van der Waals surface area (Å²) in [5.74, 6) is 0.180. The van der Waals surface area contributed by atoms with Gasteiger partial charge in [-0.2, -0.15) is 0 Å². The lowest BCUT2D eigenvalue weighted by Crippen LogP contribution is -2.40. The fraction of sp³-hybridized carbons (Fsp3) is 0.0462. The van der Waals surface area contributed by atoms with Crippen LogP contribution >= 0.6 is 11.3 Å². The van der Waals surface area contributed by atoms with Crippen molar-refractivity contribution in [2.24, 2.45) is 11.8 Å². The highest BCUT2D eigenvalue weighted by atomic mass is 32.1. The molecule has 0 radical (unpaired) electrons. The van der Waals surface area contributed by atoms with Crippen molar-refractivity contribution < 1.29 is 0 Å². The van der Waals surface area contributed by atoms with Gasteiger partial charge in [-0.1, -0.05) is 207 Å². The lowest BCUT2D eigenvalue weighted by atomic mass is 9.68. The Bertz CT molecular complexity index is 4000. The average molecular weight is 872 g/mol. The van der Waals surface area contributed by atoms with Crippen LogP contribution in [0, 0.1) is 18.8 Å². The van der Waals surface area contributed by atoms with Crippen LogP contribution < -0.4 is 10.4 Å². The first-order valence-electron chi connectivity index (χ1n) is 23.3. The summed E-state index contributed by atoms with van der Waals surface area (Å²) in [5.41, 5.74) is 15.1. The number of aromatic nitrogens is 1. The molecule has 2 aliphatic carbocycles. The van der Waals surface area contributed by atoms with E-state index in [1.54, 1.807) is 0 Å². The summed E-state index contributed by atoms with van der Waals surface area (Å²) in [7, 11) is 0. The lowest BCUT2D eigenvalue weighted by molar-refractivity contribution is 0.691. The maximum Gasteiger partial charge on any atom is 0.0616 e. The van der Waals surface area contributed by atoms with Crippen molar-refractivity contribution in [3.05, 3.63) is 264 Å². The van der Waals surface area contributed by atoms with E-state index in [2.05, 4.69) is 243 Å². The van der Waals surface area contributed by atoms with Crippen molar-refractivity contribution in [2.75, 3.05) is 0 Å². The molecule has 0 spiro atoms. The molecule has 0 bridgehead atoms. The molecule has 0 fully saturated rings. The Morgan fingerprint density at radius 2 is 1.10 bits per heavy atom. The smallest absolute Gasteiger partial charge is 0.0616 e. The molecule has 2 heterocycles. The summed E-state index contributed by atoms with van der Waals surface area (Å²) in [6.45, 7) is 6.68. The molecule has 0 aliphatic heterocycles. The fourth-order valence-electron chi connectivity index (χ4n) is 11.7. The van der Waals surface area contributed by atoms with Gasteiger partial charge in [-0.3, -0.25) is 0 Å². The van der Waals surface area contributed by atoms with Crippen molar-refractivity contribution in [1.29, 1.82) is 0 Å². The molecule has 316 valence electrons. The highest BCUT2D eigenvalue weighted by Gasteiger charge is 2.35. The highest BCUT2D eigenvalue weighted by molar-refractivity contribution is 7.19. The normalized spacial score (nSPS) is 15.8. The molecule has 13 rings (SSSR count). The Hall–Kier alpha value is -8.04. The van der Waals surface area contributed by atoms with Crippen molar-refractivity contribution in [3.8, 4) is 27.9 Å². The first-order chi connectivity index (χ1) is 33.2. The standard InChI is InChI=1S/C65H45NS/c1-3-21-55(60-41(2)67-59-39-38-43(40-57(59)60)62-48-29-12-10-27-46(48)61(42-22-6-4-7-23-42)47-28-11-13-30-49(47)62)63-50-31-14-16-33-52(50)64(53-34-17-15-32-51(53)63)56-36-20-35-54-45-26-18-19-37-58(45)66(65(54)56)44-24-8-5-9-25-44/h3-40,50,52H,1H2,2H3/b55-21+. The molecular formula is C65H45NS. The van der Waals surface area contributed by atoms with Gasteiger partial charge in [0.2, 0.25) is 0 Å². The second-order valence-electron chi connectivity index (χ2n) is 17.9. The molecule has 0 N–H and O–H groups in total. The van der Waals surface area contributed by atoms with Gasteiger partial charge < -0.3 is 4.57 Å². The Morgan fingerprint density at radius 3 is 1.81 bits per heavy atom. The Balaban J connectivity index is 1.08. The molecule has 9 aromatic carbocycles. The minimum Gasteiger partial charge on any atom is -0.309 e. The topological polar surface area (TPSA) is 4.93 Å². The molecule has 2 unspecified atom stereocenters. The zero-order valence-electron chi connectivity index (χ0n) is 37.2. The largest absolute Gasteiger partial charge is 0.309 e. The van der Waals surface area contributed by atoms with Crippen LogP contribution in [0.1, 0.15) is 16.0 Å². The minimum atomic E-state index is 0.0851. The number of allylic oxidation sites excluding steroid dienone is 7. The van der Waals surface area contributed by atoms with Crippen LogP contribution in [-0.2, 0) is 0 Å². The maximum absolute atomic E-state index is 4.37. The zero-order valence-corrected chi connectivity index (χ0v) is 38.0. The summed E-state index contributed by atoms with van der Waals surface area (Å²) in [4.78, 5) is 1.30. The van der Waals surface area contributed by atoms with Crippen LogP contribution in [0.3, 0.4) is 0 Å². The van der Waals surface area contributed by atoms with E-state index in [4.69, 9.17) is 0 Å². The van der Waals surface area contributed by atoms with Crippen molar-refractivity contribution in [3.63, 3.8) is 0 Å². The molecule has 0 saturated heterocycles. The molecule has 0 amide bonds. The number of hydrogen-bond acceptors (Lipinski definition) is 1. The summed E-state index contributed by atoms with van der Waals surface area (Å²) in [6, 6.07) is 71.8. The molecule has 11 aromatic rings. The Morgan fingerprint density at radius 1 is 0.522 bits per heavy atom. The van der Waals surface area contributed by atoms with E-state index in [1.807, 2.05) is 17.4 Å². The quantitative estimate of drug-likeness (QED) is 0.111. The molecular weight excluding hydrogens is 827 g/mol. The third-order valence-electron chi connectivity index (χ3n) is 14.3. The number of benzene rings is 9. The molecule has 2 heteroatoms. The Kier molecular flexibility index (Phi) is 9.30. The van der Waals surface area contributed by atoms with Crippen molar-refractivity contribution in [1.82, 2.24) is 4.57 Å². The number of thiophene rings is 1. The van der Waals surface area contributed by atoms with E-state index in [0.717, 1.165) is 5.69 Å². The number of para-hydroxylation sites is 3. The van der Waals surface area contributed by atoms with Gasteiger partial charge in [0.15, 0.2) is 0 Å². The molecule has 2 aromatic heterocycles. The van der Waals surface area contributed by atoms with E-state index in [-0.39, 0.29) is 11.8 Å². The zero-order chi connectivity index (χ0) is 44.6. The van der Waals surface area contributed by atoms with Crippen LogP contribution in [-0.4, -0.2) is 4.57 Å². The highest BCUT2D eigenvalue weighted by Crippen LogP contribution is 2.50. The van der Waals surface area contributed by atoms with Crippen molar-refractivity contribution >= 4 is 81.5 Å². The second kappa shape index (κ2) is 15.8. The molecule has 0 saturated carbocycles. The van der Waals surface area contributed by atoms with Gasteiger partial charge in [-0.05, 0) is 108 Å². The van der Waals surface area contributed by atoms with Gasteiger partial charge in [-0.15, -0.1) is 11.3 Å². The number of aryl methyl sites for hydroxylation is 1. The predicted molar refractivity (Wildman–Crippen MR) is 288 cm³/mol. The van der Waals surface area contributed by atoms with Gasteiger partial charge in [0, 0.05) is 54.4 Å². The van der Waals surface area contributed by atoms with E-state index < -0.39 is 0 Å². The third-order valence-corrected chi connectivity index (χ3v) is 15.4. The van der Waals surface area contributed by atoms with Crippen LogP contribution in [0.2, 0.25) is 0 Å². The molecule has 67 heavy (non-hydrogen) atoms. The third kappa shape index (κ3) is 6.07. The SMILES string of the molecule is C=C/C=C(/C1=c2ccccc2=C(c2cccc3c4ccccc4n(-c4ccccc4)c23)C2C=CC=CC12)c1c(C)sc2ccc(-c3c4ccccc4c(-c4ccccc4)c4ccccc34)cc12. The fourth-order valence-corrected chi connectivity index (χ4v) is 12.8. The van der Waals surface area contributed by atoms with Gasteiger partial charge in [0.25, 0.3) is 0 Å². The molecule has 2 aliphatic rings. The van der Waals surface area contributed by atoms with Gasteiger partial charge in [-0.25, -0.2) is 0 Å². The van der Waals surface area contributed by atoms with Crippen molar-refractivity contribution in [2.45, 2.75) is 6.92 Å². The summed E-state index contributed by atoms with van der Waals surface area (Å²) >= 11 is 1.89. The van der Waals surface area contributed by atoms with E-state index in [1.165, 1.54) is 119 Å². The number of rotatable bonds is 7. The van der Waals surface area contributed by atoms with Gasteiger partial charge in [0.05, 0.1) is 11.0 Å². The van der Waals surface area contributed by atoms with E-state index in [9.17, 15) is 0 Å². The maximum atomic E-state index is 4.37. The number of fused-ring (bicyclic) bond motifs is 8. The van der Waals surface area contributed by atoms with E-state index in [0.29, 0.717) is 0 Å². The van der Waals surface area contributed by atoms with Gasteiger partial charge >= 0.3 is 0 Å². The minimum absolute atomic E-state index is 0.0851. The van der Waals surface area contributed by atoms with Crippen LogP contribution in [0.5, 0.6) is 0 Å². The monoisotopic (exact) mass is 871 g/mol. The summed E-state index contributed by atoms with van der Waals surface area (Å²) in [6.07, 6.45) is 13.7. The average Bonchev–Trinajstić information content (AvgIpc) is 3.90. The van der Waals surface area contributed by atoms with Crippen LogP contribution in [0.25, 0.3) is 98.1 Å². The van der Waals surface area contributed by atoms with E-state index >= 15 is 0 Å². The molecule has 1 nitrogen and oxygen atoms in total. The lowest BCUT2D eigenvalue weighted by Gasteiger charge is -2.34. The predicted octanol–water partition coefficient (Wildman–Crippen LogP) is 15.9. The first-order valence-corrected chi connectivity index (χ1v) is 24.1. The number of hydrogen-bond donors (Lipinski definition) is 0. The second-order valence-corrected chi connectivity index (χ2v) is 19.1. The number of nitrogens with zero attached hydrogens (tertiary/aromatic N) is 1. The Labute approximate surface area is 394 Å². The summed E-state index contributed by atoms with van der Waals surface area (Å²) in [5, 5.41) is 11.4. The van der Waals surface area contributed by atoms with Gasteiger partial charge in [0.1, 0.15) is 0 Å². The molecule has 2 atom stereocenters. The van der Waals surface area contributed by atoms with Crippen LogP contribution in [0.15, 0.2) is 237 Å². The summed E-state index contributed by atoms with van der Waals surface area (Å²) < 4.78 is 3.77. The first kappa shape index (κ1) is 39.3.